The van der Waals surface area contributed by atoms with Crippen LogP contribution in [0, 0.1) is 0 Å². The van der Waals surface area contributed by atoms with Crippen molar-refractivity contribution in [3.63, 3.8) is 0 Å². The quantitative estimate of drug-likeness (QED) is 0.812. The van der Waals surface area contributed by atoms with Gasteiger partial charge in [-0.1, -0.05) is 17.7 Å². The molecule has 0 unspecified atom stereocenters. The van der Waals surface area contributed by atoms with Crippen LogP contribution in [-0.2, 0) is 6.42 Å². The topological polar surface area (TPSA) is 59.5 Å². The third-order valence-corrected chi connectivity index (χ3v) is 4.54. The van der Waals surface area contributed by atoms with Gasteiger partial charge in [-0.15, -0.1) is 0 Å². The highest BCUT2D eigenvalue weighted by Crippen LogP contribution is 2.33. The number of aromatic amines is 1. The van der Waals surface area contributed by atoms with Gasteiger partial charge in [0.05, 0.1) is 12.1 Å². The summed E-state index contributed by atoms with van der Waals surface area (Å²) >= 11 is 6.26. The second-order valence-corrected chi connectivity index (χ2v) is 5.76. The number of aromatic nitrogens is 1. The molecule has 4 nitrogen and oxygen atoms in total. The molecule has 1 aliphatic rings. The normalized spacial score (nSPS) is 20.0. The number of halogens is 1. The zero-order chi connectivity index (χ0) is 14.1. The number of fused-ring (bicyclic) bond motifs is 1. The van der Waals surface area contributed by atoms with Gasteiger partial charge in [0.25, 0.3) is 0 Å². The Morgan fingerprint density at radius 1 is 1.40 bits per heavy atom. The monoisotopic (exact) mass is 294 g/mol. The molecule has 0 aliphatic carbocycles. The van der Waals surface area contributed by atoms with Crippen molar-refractivity contribution in [2.75, 3.05) is 19.7 Å². The second-order valence-electron chi connectivity index (χ2n) is 5.38. The number of nitrogens with zero attached hydrogens (tertiary/aromatic N) is 1. The van der Waals surface area contributed by atoms with Crippen molar-refractivity contribution in [3.05, 3.63) is 28.9 Å². The lowest BCUT2D eigenvalue weighted by atomic mass is 10.1. The highest BCUT2D eigenvalue weighted by molar-refractivity contribution is 6.32. The fourth-order valence-corrected chi connectivity index (χ4v) is 3.44. The fraction of sp³-hybridized carbons (Fsp3) is 0.467. The molecule has 1 aromatic heterocycles. The van der Waals surface area contributed by atoms with Crippen LogP contribution in [0.2, 0.25) is 5.15 Å². The molecule has 0 spiro atoms. The third-order valence-electron chi connectivity index (χ3n) is 4.21. The molecule has 2 aromatic rings. The summed E-state index contributed by atoms with van der Waals surface area (Å²) in [6, 6.07) is 5.67. The van der Waals surface area contributed by atoms with E-state index in [1.54, 1.807) is 12.1 Å². The summed E-state index contributed by atoms with van der Waals surface area (Å²) in [7, 11) is 0. The van der Waals surface area contributed by atoms with Crippen molar-refractivity contribution >= 4 is 22.5 Å². The van der Waals surface area contributed by atoms with Crippen LogP contribution in [0.4, 0.5) is 0 Å². The molecule has 1 atom stereocenters. The predicted octanol–water partition coefficient (Wildman–Crippen LogP) is 2.53. The average molecular weight is 295 g/mol. The van der Waals surface area contributed by atoms with E-state index in [1.165, 1.54) is 0 Å². The number of hydrogen-bond donors (Lipinski definition) is 3. The number of aromatic hydroxyl groups is 1. The van der Waals surface area contributed by atoms with Gasteiger partial charge in [-0.05, 0) is 37.9 Å². The predicted molar refractivity (Wildman–Crippen MR) is 80.4 cm³/mol. The molecule has 3 rings (SSSR count). The minimum atomic E-state index is 0.215. The van der Waals surface area contributed by atoms with Crippen molar-refractivity contribution in [2.45, 2.75) is 25.3 Å². The number of hydrogen-bond acceptors (Lipinski definition) is 3. The minimum absolute atomic E-state index is 0.215. The van der Waals surface area contributed by atoms with E-state index in [4.69, 9.17) is 11.6 Å². The highest BCUT2D eigenvalue weighted by atomic mass is 35.5. The Labute approximate surface area is 123 Å². The van der Waals surface area contributed by atoms with E-state index in [0.717, 1.165) is 48.8 Å². The molecule has 2 heterocycles. The Morgan fingerprint density at radius 2 is 2.25 bits per heavy atom. The second kappa shape index (κ2) is 5.64. The summed E-state index contributed by atoms with van der Waals surface area (Å²) in [5, 5.41) is 20.8. The summed E-state index contributed by atoms with van der Waals surface area (Å²) in [6.45, 7) is 2.09. The van der Waals surface area contributed by atoms with Gasteiger partial charge in [-0.2, -0.15) is 0 Å². The van der Waals surface area contributed by atoms with E-state index in [1.807, 2.05) is 6.07 Å². The maximum atomic E-state index is 10.0. The molecule has 0 radical (unpaired) electrons. The van der Waals surface area contributed by atoms with Gasteiger partial charge in [0.2, 0.25) is 0 Å². The first-order valence-electron chi connectivity index (χ1n) is 7.03. The van der Waals surface area contributed by atoms with Crippen LogP contribution in [0.1, 0.15) is 18.4 Å². The lowest BCUT2D eigenvalue weighted by molar-refractivity contribution is 0.160. The van der Waals surface area contributed by atoms with Crippen LogP contribution >= 0.6 is 11.6 Å². The maximum Gasteiger partial charge on any atom is 0.125 e. The molecule has 1 aliphatic heterocycles. The molecule has 108 valence electrons. The number of aliphatic hydroxyl groups is 1. The summed E-state index contributed by atoms with van der Waals surface area (Å²) < 4.78 is 0. The summed E-state index contributed by atoms with van der Waals surface area (Å²) in [5.41, 5.74) is 1.83. The van der Waals surface area contributed by atoms with Crippen LogP contribution in [0.3, 0.4) is 0 Å². The number of rotatable bonds is 4. The number of nitrogens with one attached hydrogen (secondary N) is 1. The average Bonchev–Trinajstić information content (AvgIpc) is 3.00. The number of phenolic OH excluding ortho intramolecular Hbond substituents is 1. The molecule has 1 saturated heterocycles. The molecule has 0 amide bonds. The summed E-state index contributed by atoms with van der Waals surface area (Å²) in [4.78, 5) is 5.41. The van der Waals surface area contributed by atoms with Gasteiger partial charge >= 0.3 is 0 Å². The highest BCUT2D eigenvalue weighted by Gasteiger charge is 2.24. The molecule has 3 N–H and O–H groups in total. The number of likely N-dealkylation sites (tertiary alicyclic amines) is 1. The van der Waals surface area contributed by atoms with Gasteiger partial charge in [-0.25, -0.2) is 0 Å². The van der Waals surface area contributed by atoms with Crippen LogP contribution in [0.25, 0.3) is 10.9 Å². The SMILES string of the molecule is OC[C@@H]1CCCN1CCc1c(Cl)[nH]c2cccc(O)c12. The Hall–Kier alpha value is -1.23. The summed E-state index contributed by atoms with van der Waals surface area (Å²) in [6.07, 6.45) is 2.97. The first-order valence-corrected chi connectivity index (χ1v) is 7.41. The van der Waals surface area contributed by atoms with Crippen molar-refractivity contribution in [1.82, 2.24) is 9.88 Å². The molecule has 0 bridgehead atoms. The van der Waals surface area contributed by atoms with Gasteiger partial charge in [0, 0.05) is 23.5 Å². The smallest absolute Gasteiger partial charge is 0.125 e. The number of aliphatic hydroxyl groups excluding tert-OH is 1. The van der Waals surface area contributed by atoms with Crippen LogP contribution in [-0.4, -0.2) is 45.8 Å². The number of H-pyrrole nitrogens is 1. The first-order chi connectivity index (χ1) is 9.70. The van der Waals surface area contributed by atoms with Crippen molar-refractivity contribution in [2.24, 2.45) is 0 Å². The molecular formula is C15H19ClN2O2. The fourth-order valence-electron chi connectivity index (χ4n) is 3.15. The molecular weight excluding hydrogens is 276 g/mol. The minimum Gasteiger partial charge on any atom is -0.507 e. The van der Waals surface area contributed by atoms with Gasteiger partial charge < -0.3 is 15.2 Å². The van der Waals surface area contributed by atoms with Crippen LogP contribution in [0.15, 0.2) is 18.2 Å². The summed E-state index contributed by atoms with van der Waals surface area (Å²) in [5.74, 6) is 0.265. The lowest BCUT2D eigenvalue weighted by Crippen LogP contribution is -2.33. The van der Waals surface area contributed by atoms with E-state index < -0.39 is 0 Å². The Balaban J connectivity index is 1.82. The van der Waals surface area contributed by atoms with E-state index in [0.29, 0.717) is 5.15 Å². The Bertz CT molecular complexity index is 611. The van der Waals surface area contributed by atoms with Crippen molar-refractivity contribution < 1.29 is 10.2 Å². The van der Waals surface area contributed by atoms with Gasteiger partial charge in [-0.3, -0.25) is 4.90 Å². The van der Waals surface area contributed by atoms with Crippen LogP contribution < -0.4 is 0 Å². The molecule has 1 fully saturated rings. The van der Waals surface area contributed by atoms with E-state index in [9.17, 15) is 10.2 Å². The first kappa shape index (κ1) is 13.7. The molecule has 1 aromatic carbocycles. The standard InChI is InChI=1S/C15H19ClN2O2/c16-15-11(6-8-18-7-2-3-10(18)9-19)14-12(17-15)4-1-5-13(14)20/h1,4-5,10,17,19-20H,2-3,6-9H2/t10-/m0/s1. The number of phenols is 1. The van der Waals surface area contributed by atoms with E-state index in [2.05, 4.69) is 9.88 Å². The number of benzene rings is 1. The van der Waals surface area contributed by atoms with Crippen molar-refractivity contribution in [1.29, 1.82) is 0 Å². The van der Waals surface area contributed by atoms with E-state index in [-0.39, 0.29) is 18.4 Å². The van der Waals surface area contributed by atoms with E-state index >= 15 is 0 Å². The Morgan fingerprint density at radius 3 is 3.05 bits per heavy atom. The maximum absolute atomic E-state index is 10.0. The van der Waals surface area contributed by atoms with Crippen LogP contribution in [0.5, 0.6) is 5.75 Å². The largest absolute Gasteiger partial charge is 0.507 e. The Kier molecular flexibility index (Phi) is 3.87. The molecule has 0 saturated carbocycles. The third kappa shape index (κ3) is 2.39. The van der Waals surface area contributed by atoms with Gasteiger partial charge in [0.15, 0.2) is 0 Å². The van der Waals surface area contributed by atoms with Gasteiger partial charge in [0.1, 0.15) is 10.9 Å². The van der Waals surface area contributed by atoms with Crippen molar-refractivity contribution in [3.8, 4) is 5.75 Å². The molecule has 20 heavy (non-hydrogen) atoms. The zero-order valence-electron chi connectivity index (χ0n) is 11.3. The molecule has 5 heteroatoms. The zero-order valence-corrected chi connectivity index (χ0v) is 12.0. The lowest BCUT2D eigenvalue weighted by Gasteiger charge is -2.22.